The van der Waals surface area contributed by atoms with Crippen molar-refractivity contribution in [3.8, 4) is 0 Å². The second-order valence-corrected chi connectivity index (χ2v) is 4.44. The van der Waals surface area contributed by atoms with Gasteiger partial charge in [-0.2, -0.15) is 0 Å². The quantitative estimate of drug-likeness (QED) is 0.171. The van der Waals surface area contributed by atoms with Crippen molar-refractivity contribution in [3.63, 3.8) is 0 Å². The predicted molar refractivity (Wildman–Crippen MR) is 48.8 cm³/mol. The summed E-state index contributed by atoms with van der Waals surface area (Å²) in [6, 6.07) is 0. The van der Waals surface area contributed by atoms with Crippen molar-refractivity contribution in [2.45, 2.75) is 25.7 Å². The summed E-state index contributed by atoms with van der Waals surface area (Å²) in [6.07, 6.45) is 3.34. The van der Waals surface area contributed by atoms with Crippen LogP contribution in [0.25, 0.3) is 0 Å². The topological polar surface area (TPSA) is 86.7 Å². The zero-order valence-electron chi connectivity index (χ0n) is 8.14. The first-order valence-electron chi connectivity index (χ1n) is 3.94. The van der Waals surface area contributed by atoms with E-state index in [1.54, 1.807) is 0 Å². The Balaban J connectivity index is 0. The molecule has 0 aromatic carbocycles. The molecule has 0 radical (unpaired) electrons. The van der Waals surface area contributed by atoms with Gasteiger partial charge in [0.2, 0.25) is 10.4 Å². The average Bonchev–Trinajstić information content (AvgIpc) is 2.01. The molecule has 0 atom stereocenters. The second-order valence-electron chi connectivity index (χ2n) is 2.44. The third kappa shape index (κ3) is 15.6. The van der Waals surface area contributed by atoms with Crippen LogP contribution >= 0.6 is 12.0 Å². The minimum absolute atomic E-state index is 0. The Hall–Kier alpha value is 1.18. The SMILES string of the molecule is O=S(=O)([O-])OSCCCCCCO.[Na+]. The number of unbranched alkanes of at least 4 members (excludes halogenated alkanes) is 3. The van der Waals surface area contributed by atoms with Gasteiger partial charge in [0.15, 0.2) is 0 Å². The van der Waals surface area contributed by atoms with Crippen LogP contribution in [0.3, 0.4) is 0 Å². The van der Waals surface area contributed by atoms with Crippen molar-refractivity contribution in [1.82, 2.24) is 0 Å². The summed E-state index contributed by atoms with van der Waals surface area (Å²) >= 11 is 0.655. The minimum Gasteiger partial charge on any atom is -0.725 e. The van der Waals surface area contributed by atoms with E-state index in [0.717, 1.165) is 25.7 Å². The zero-order chi connectivity index (χ0) is 10.2. The van der Waals surface area contributed by atoms with Crippen LogP contribution in [0.1, 0.15) is 25.7 Å². The number of aliphatic hydroxyl groups is 1. The Morgan fingerprint density at radius 1 is 1.21 bits per heavy atom. The molecule has 0 fully saturated rings. The van der Waals surface area contributed by atoms with Crippen LogP contribution in [-0.4, -0.2) is 30.4 Å². The van der Waals surface area contributed by atoms with Crippen LogP contribution in [-0.2, 0) is 14.0 Å². The van der Waals surface area contributed by atoms with Gasteiger partial charge in [0.05, 0.1) is 0 Å². The maximum Gasteiger partial charge on any atom is 1.00 e. The van der Waals surface area contributed by atoms with E-state index in [2.05, 4.69) is 3.63 Å². The monoisotopic (exact) mass is 252 g/mol. The van der Waals surface area contributed by atoms with Gasteiger partial charge < -0.3 is 9.66 Å². The molecule has 14 heavy (non-hydrogen) atoms. The van der Waals surface area contributed by atoms with E-state index in [9.17, 15) is 13.0 Å². The smallest absolute Gasteiger partial charge is 0.725 e. The summed E-state index contributed by atoms with van der Waals surface area (Å²) < 4.78 is 33.7. The van der Waals surface area contributed by atoms with E-state index in [1.807, 2.05) is 0 Å². The van der Waals surface area contributed by atoms with Crippen LogP contribution in [0.5, 0.6) is 0 Å². The maximum atomic E-state index is 9.93. The number of aliphatic hydroxyl groups excluding tert-OH is 1. The van der Waals surface area contributed by atoms with Crippen molar-refractivity contribution >= 4 is 22.4 Å². The van der Waals surface area contributed by atoms with Crippen molar-refractivity contribution in [1.29, 1.82) is 0 Å². The van der Waals surface area contributed by atoms with E-state index < -0.39 is 10.4 Å². The molecule has 0 spiro atoms. The first-order chi connectivity index (χ1) is 6.06. The first kappa shape index (κ1) is 17.6. The fraction of sp³-hybridized carbons (Fsp3) is 1.00. The minimum atomic E-state index is -4.55. The molecule has 0 aliphatic heterocycles. The summed E-state index contributed by atoms with van der Waals surface area (Å²) in [5, 5.41) is 8.43. The van der Waals surface area contributed by atoms with Gasteiger partial charge in [-0.25, -0.2) is 12.0 Å². The van der Waals surface area contributed by atoms with E-state index in [-0.39, 0.29) is 36.2 Å². The van der Waals surface area contributed by atoms with E-state index in [4.69, 9.17) is 5.11 Å². The van der Waals surface area contributed by atoms with Gasteiger partial charge in [0, 0.05) is 24.4 Å². The van der Waals surface area contributed by atoms with Crippen LogP contribution in [0.4, 0.5) is 0 Å². The molecule has 80 valence electrons. The van der Waals surface area contributed by atoms with E-state index >= 15 is 0 Å². The maximum absolute atomic E-state index is 9.93. The Morgan fingerprint density at radius 3 is 2.29 bits per heavy atom. The molecule has 0 aliphatic rings. The molecule has 0 saturated heterocycles. The molecule has 8 heteroatoms. The van der Waals surface area contributed by atoms with E-state index in [0.29, 0.717) is 17.8 Å². The van der Waals surface area contributed by atoms with Gasteiger partial charge in [-0.05, 0) is 12.8 Å². The fourth-order valence-corrected chi connectivity index (χ4v) is 1.78. The third-order valence-corrected chi connectivity index (χ3v) is 2.77. The second kappa shape index (κ2) is 10.7. The van der Waals surface area contributed by atoms with Crippen LogP contribution in [0.2, 0.25) is 0 Å². The molecule has 0 bridgehead atoms. The summed E-state index contributed by atoms with van der Waals surface area (Å²) in [5.74, 6) is 0.479. The Labute approximate surface area is 111 Å². The Bertz CT molecular complexity index is 206. The summed E-state index contributed by atoms with van der Waals surface area (Å²) in [4.78, 5) is 0. The van der Waals surface area contributed by atoms with Gasteiger partial charge in [-0.3, -0.25) is 0 Å². The van der Waals surface area contributed by atoms with Crippen LogP contribution in [0.15, 0.2) is 0 Å². The van der Waals surface area contributed by atoms with Crippen molar-refractivity contribution in [3.05, 3.63) is 0 Å². The molecule has 0 unspecified atom stereocenters. The number of hydrogen-bond acceptors (Lipinski definition) is 6. The van der Waals surface area contributed by atoms with Gasteiger partial charge >= 0.3 is 29.6 Å². The van der Waals surface area contributed by atoms with Crippen LogP contribution < -0.4 is 29.6 Å². The van der Waals surface area contributed by atoms with Gasteiger partial charge in [0.1, 0.15) is 0 Å². The van der Waals surface area contributed by atoms with Crippen molar-refractivity contribution in [2.24, 2.45) is 0 Å². The summed E-state index contributed by atoms with van der Waals surface area (Å²) in [5.41, 5.74) is 0. The van der Waals surface area contributed by atoms with E-state index in [1.165, 1.54) is 0 Å². The number of hydrogen-bond donors (Lipinski definition) is 1. The first-order valence-corrected chi connectivity index (χ1v) is 6.18. The largest absolute Gasteiger partial charge is 1.00 e. The summed E-state index contributed by atoms with van der Waals surface area (Å²) in [7, 11) is -4.55. The van der Waals surface area contributed by atoms with Crippen molar-refractivity contribution in [2.75, 3.05) is 12.4 Å². The molecule has 0 saturated carbocycles. The normalized spacial score (nSPS) is 11.0. The Morgan fingerprint density at radius 2 is 1.79 bits per heavy atom. The third-order valence-electron chi connectivity index (χ3n) is 1.27. The average molecular weight is 252 g/mol. The van der Waals surface area contributed by atoms with Crippen LogP contribution in [0, 0.1) is 0 Å². The van der Waals surface area contributed by atoms with Gasteiger partial charge in [0.25, 0.3) is 0 Å². The molecule has 1 N–H and O–H groups in total. The number of rotatable bonds is 8. The summed E-state index contributed by atoms with van der Waals surface area (Å²) in [6.45, 7) is 0.179. The standard InChI is InChI=1S/C6H14O5S2.Na/c7-5-3-1-2-4-6-12-11-13(8,9)10;/h7H,1-6H2,(H,8,9,10);/q;+1/p-1. The fourth-order valence-electron chi connectivity index (χ4n) is 0.719. The molecule has 0 aliphatic carbocycles. The van der Waals surface area contributed by atoms with Gasteiger partial charge in [-0.1, -0.05) is 12.8 Å². The molecule has 0 amide bonds. The molecule has 0 rings (SSSR count). The Kier molecular flexibility index (Phi) is 13.4. The zero-order valence-corrected chi connectivity index (χ0v) is 11.8. The van der Waals surface area contributed by atoms with Gasteiger partial charge in [-0.15, -0.1) is 0 Å². The van der Waals surface area contributed by atoms with Crippen molar-refractivity contribution < 1.29 is 51.3 Å². The molecule has 5 nitrogen and oxygen atoms in total. The predicted octanol–water partition coefficient (Wildman–Crippen LogP) is -2.33. The molecule has 0 heterocycles. The molecular weight excluding hydrogens is 239 g/mol. The molecule has 0 aromatic rings. The molecule has 0 aromatic heterocycles. The molecular formula is C6H13NaO5S2.